The Kier molecular flexibility index (Phi) is 4.54. The Bertz CT molecular complexity index is 654. The summed E-state index contributed by atoms with van der Waals surface area (Å²) in [5.41, 5.74) is 0.0120. The molecule has 1 aliphatic carbocycles. The second-order valence-corrected chi connectivity index (χ2v) is 8.30. The van der Waals surface area contributed by atoms with Crippen LogP contribution in [0.2, 0.25) is 10.0 Å². The van der Waals surface area contributed by atoms with Crippen molar-refractivity contribution in [1.29, 1.82) is 0 Å². The molecular weight excluding hydrogens is 345 g/mol. The average Bonchev–Trinajstić information content (AvgIpc) is 2.28. The summed E-state index contributed by atoms with van der Waals surface area (Å²) in [6.07, 6.45) is 1.79. The average molecular weight is 357 g/mol. The van der Waals surface area contributed by atoms with Gasteiger partial charge < -0.3 is 5.32 Å². The first kappa shape index (κ1) is 15.9. The van der Waals surface area contributed by atoms with Crippen LogP contribution in [0.4, 0.5) is 0 Å². The minimum absolute atomic E-state index is 0.0120. The molecule has 0 heterocycles. The van der Waals surface area contributed by atoms with Crippen LogP contribution in [0, 0.1) is 5.92 Å². The fourth-order valence-corrected chi connectivity index (χ4v) is 3.42. The van der Waals surface area contributed by atoms with Crippen molar-refractivity contribution in [2.75, 3.05) is 0 Å². The third-order valence-corrected chi connectivity index (χ3v) is 5.37. The van der Waals surface area contributed by atoms with Gasteiger partial charge in [-0.15, -0.1) is 0 Å². The van der Waals surface area contributed by atoms with Crippen LogP contribution >= 0.6 is 33.9 Å². The topological polar surface area (TPSA) is 63.2 Å². The van der Waals surface area contributed by atoms with E-state index in [4.69, 9.17) is 33.9 Å². The third kappa shape index (κ3) is 3.39. The fourth-order valence-electron chi connectivity index (χ4n) is 2.15. The highest BCUT2D eigenvalue weighted by Crippen LogP contribution is 2.32. The Morgan fingerprint density at radius 1 is 1.30 bits per heavy atom. The third-order valence-electron chi connectivity index (χ3n) is 3.24. The molecule has 0 aromatic heterocycles. The molecule has 8 heteroatoms. The number of halogens is 3. The van der Waals surface area contributed by atoms with Crippen LogP contribution in [0.3, 0.4) is 0 Å². The molecule has 1 aliphatic rings. The Hall–Kier alpha value is -0.490. The molecule has 2 rings (SSSR count). The quantitative estimate of drug-likeness (QED) is 0.844. The predicted molar refractivity (Wildman–Crippen MR) is 79.2 cm³/mol. The van der Waals surface area contributed by atoms with E-state index >= 15 is 0 Å². The highest BCUT2D eigenvalue weighted by Gasteiger charge is 2.28. The van der Waals surface area contributed by atoms with E-state index < -0.39 is 15.0 Å². The monoisotopic (exact) mass is 355 g/mol. The van der Waals surface area contributed by atoms with Crippen LogP contribution in [-0.2, 0) is 9.05 Å². The van der Waals surface area contributed by atoms with Gasteiger partial charge >= 0.3 is 0 Å². The number of benzene rings is 1. The summed E-state index contributed by atoms with van der Waals surface area (Å²) in [7, 11) is 1.28. The summed E-state index contributed by atoms with van der Waals surface area (Å²) in [5, 5.41) is 2.78. The molecule has 1 saturated carbocycles. The van der Waals surface area contributed by atoms with E-state index in [0.29, 0.717) is 5.92 Å². The van der Waals surface area contributed by atoms with Gasteiger partial charge in [0.25, 0.3) is 15.0 Å². The molecule has 1 amide bonds. The van der Waals surface area contributed by atoms with E-state index in [1.54, 1.807) is 0 Å². The molecule has 1 aromatic rings. The largest absolute Gasteiger partial charge is 0.349 e. The highest BCUT2D eigenvalue weighted by molar-refractivity contribution is 8.13. The van der Waals surface area contributed by atoms with E-state index in [1.807, 2.05) is 0 Å². The summed E-state index contributed by atoms with van der Waals surface area (Å²) < 4.78 is 22.7. The van der Waals surface area contributed by atoms with Crippen molar-refractivity contribution in [1.82, 2.24) is 5.32 Å². The van der Waals surface area contributed by atoms with Crippen LogP contribution in [-0.4, -0.2) is 20.4 Å². The van der Waals surface area contributed by atoms with Crippen LogP contribution in [0.5, 0.6) is 0 Å². The lowest BCUT2D eigenvalue weighted by atomic mass is 9.82. The van der Waals surface area contributed by atoms with E-state index in [1.165, 1.54) is 0 Å². The summed E-state index contributed by atoms with van der Waals surface area (Å²) >= 11 is 11.8. The second kappa shape index (κ2) is 5.72. The first-order chi connectivity index (χ1) is 9.18. The van der Waals surface area contributed by atoms with E-state index in [9.17, 15) is 13.2 Å². The van der Waals surface area contributed by atoms with Crippen molar-refractivity contribution >= 4 is 48.8 Å². The van der Waals surface area contributed by atoms with Gasteiger partial charge in [0.1, 0.15) is 0 Å². The predicted octanol–water partition coefficient (Wildman–Crippen LogP) is 3.45. The van der Waals surface area contributed by atoms with E-state index in [2.05, 4.69) is 12.2 Å². The van der Waals surface area contributed by atoms with Gasteiger partial charge in [-0.2, -0.15) is 0 Å². The lowest BCUT2D eigenvalue weighted by Gasteiger charge is -2.33. The van der Waals surface area contributed by atoms with E-state index in [0.717, 1.165) is 25.0 Å². The van der Waals surface area contributed by atoms with E-state index in [-0.39, 0.29) is 26.5 Å². The second-order valence-electron chi connectivity index (χ2n) is 4.95. The Morgan fingerprint density at radius 3 is 2.40 bits per heavy atom. The van der Waals surface area contributed by atoms with Crippen molar-refractivity contribution in [3.8, 4) is 0 Å². The molecular formula is C12H12Cl3NO3S. The SMILES string of the molecule is CC1CC(NC(=O)c2cc(S(=O)(=O)Cl)cc(Cl)c2Cl)C1. The van der Waals surface area contributed by atoms with Crippen LogP contribution in [0.15, 0.2) is 17.0 Å². The van der Waals surface area contributed by atoms with Crippen LogP contribution in [0.25, 0.3) is 0 Å². The fraction of sp³-hybridized carbons (Fsp3) is 0.417. The maximum Gasteiger partial charge on any atom is 0.261 e. The normalized spacial score (nSPS) is 22.2. The number of amides is 1. The van der Waals surface area contributed by atoms with Gasteiger partial charge in [0.15, 0.2) is 0 Å². The van der Waals surface area contributed by atoms with Crippen molar-refractivity contribution in [3.05, 3.63) is 27.7 Å². The first-order valence-corrected chi connectivity index (χ1v) is 8.99. The standard InChI is InChI=1S/C12H12Cl3NO3S/c1-6-2-7(3-6)16-12(17)9-4-8(20(15,18)19)5-10(13)11(9)14/h4-7H,2-3H2,1H3,(H,16,17). The molecule has 1 aromatic carbocycles. The van der Waals surface area contributed by atoms with Gasteiger partial charge in [-0.1, -0.05) is 30.1 Å². The van der Waals surface area contributed by atoms with Crippen molar-refractivity contribution in [3.63, 3.8) is 0 Å². The minimum Gasteiger partial charge on any atom is -0.349 e. The minimum atomic E-state index is -3.98. The molecule has 1 fully saturated rings. The number of hydrogen-bond donors (Lipinski definition) is 1. The summed E-state index contributed by atoms with van der Waals surface area (Å²) in [6.45, 7) is 2.09. The molecule has 0 spiro atoms. The Balaban J connectivity index is 2.30. The molecule has 0 radical (unpaired) electrons. The Labute approximate surface area is 131 Å². The number of carbonyl (C=O) groups excluding carboxylic acids is 1. The molecule has 1 N–H and O–H groups in total. The summed E-state index contributed by atoms with van der Waals surface area (Å²) in [6, 6.07) is 2.34. The van der Waals surface area contributed by atoms with Gasteiger partial charge in [0.05, 0.1) is 20.5 Å². The van der Waals surface area contributed by atoms with Crippen molar-refractivity contribution in [2.24, 2.45) is 5.92 Å². The number of hydrogen-bond acceptors (Lipinski definition) is 3. The lowest BCUT2D eigenvalue weighted by molar-refractivity contribution is 0.0896. The van der Waals surface area contributed by atoms with Gasteiger partial charge in [-0.3, -0.25) is 4.79 Å². The van der Waals surface area contributed by atoms with Gasteiger partial charge in [-0.05, 0) is 30.9 Å². The molecule has 0 saturated heterocycles. The number of rotatable bonds is 3. The van der Waals surface area contributed by atoms with Gasteiger partial charge in [-0.25, -0.2) is 8.42 Å². The molecule has 0 atom stereocenters. The van der Waals surface area contributed by atoms with Crippen molar-refractivity contribution < 1.29 is 13.2 Å². The molecule has 4 nitrogen and oxygen atoms in total. The lowest BCUT2D eigenvalue weighted by Crippen LogP contribution is -2.43. The maximum absolute atomic E-state index is 12.1. The van der Waals surface area contributed by atoms with Gasteiger partial charge in [0.2, 0.25) is 0 Å². The van der Waals surface area contributed by atoms with Crippen molar-refractivity contribution in [2.45, 2.75) is 30.7 Å². The number of carbonyl (C=O) groups is 1. The zero-order chi connectivity index (χ0) is 15.1. The Morgan fingerprint density at radius 2 is 1.90 bits per heavy atom. The molecule has 20 heavy (non-hydrogen) atoms. The molecule has 110 valence electrons. The summed E-state index contributed by atoms with van der Waals surface area (Å²) in [4.78, 5) is 11.9. The maximum atomic E-state index is 12.1. The molecule has 0 unspecified atom stereocenters. The van der Waals surface area contributed by atoms with Crippen LogP contribution in [0.1, 0.15) is 30.1 Å². The smallest absolute Gasteiger partial charge is 0.261 e. The van der Waals surface area contributed by atoms with Gasteiger partial charge in [0, 0.05) is 16.7 Å². The first-order valence-electron chi connectivity index (χ1n) is 5.93. The number of nitrogens with one attached hydrogen (secondary N) is 1. The van der Waals surface area contributed by atoms with Crippen LogP contribution < -0.4 is 5.32 Å². The zero-order valence-corrected chi connectivity index (χ0v) is 13.6. The zero-order valence-electron chi connectivity index (χ0n) is 10.5. The molecule has 0 aliphatic heterocycles. The summed E-state index contributed by atoms with van der Waals surface area (Å²) in [5.74, 6) is 0.130. The highest BCUT2D eigenvalue weighted by atomic mass is 35.7. The molecule has 0 bridgehead atoms.